The molecular formula is C12H20N2O2S2. The Morgan fingerprint density at radius 1 is 1.50 bits per heavy atom. The van der Waals surface area contributed by atoms with Crippen molar-refractivity contribution in [3.8, 4) is 0 Å². The van der Waals surface area contributed by atoms with Crippen LogP contribution >= 0.6 is 11.3 Å². The first-order chi connectivity index (χ1) is 8.55. The first-order valence-electron chi connectivity index (χ1n) is 6.32. The third-order valence-electron chi connectivity index (χ3n) is 3.44. The fraction of sp³-hybridized carbons (Fsp3) is 0.667. The predicted octanol–water partition coefficient (Wildman–Crippen LogP) is 2.03. The van der Waals surface area contributed by atoms with Gasteiger partial charge in [-0.15, -0.1) is 11.3 Å². The molecule has 0 saturated heterocycles. The van der Waals surface area contributed by atoms with E-state index in [1.54, 1.807) is 18.5 Å². The second-order valence-corrected chi connectivity index (χ2v) is 7.63. The van der Waals surface area contributed by atoms with Gasteiger partial charge in [-0.05, 0) is 25.5 Å². The lowest BCUT2D eigenvalue weighted by atomic mass is 9.94. The van der Waals surface area contributed by atoms with Crippen LogP contribution in [-0.4, -0.2) is 32.4 Å². The first kappa shape index (κ1) is 14.0. The average Bonchev–Trinajstić information content (AvgIpc) is 2.73. The summed E-state index contributed by atoms with van der Waals surface area (Å²) < 4.78 is 26.3. The summed E-state index contributed by atoms with van der Waals surface area (Å²) in [7, 11) is -1.59. The molecule has 0 radical (unpaired) electrons. The second-order valence-electron chi connectivity index (χ2n) is 4.64. The zero-order valence-corrected chi connectivity index (χ0v) is 12.5. The number of rotatable bonds is 6. The molecular weight excluding hydrogens is 268 g/mol. The number of hydrogen-bond acceptors (Lipinski definition) is 4. The topological polar surface area (TPSA) is 49.4 Å². The molecule has 1 saturated carbocycles. The van der Waals surface area contributed by atoms with Crippen LogP contribution in [0.1, 0.15) is 31.1 Å². The molecule has 102 valence electrons. The Morgan fingerprint density at radius 2 is 2.22 bits per heavy atom. The van der Waals surface area contributed by atoms with Gasteiger partial charge in [0.25, 0.3) is 0 Å². The van der Waals surface area contributed by atoms with Gasteiger partial charge in [0.15, 0.2) is 0 Å². The summed E-state index contributed by atoms with van der Waals surface area (Å²) in [5.74, 6) is 0. The zero-order valence-electron chi connectivity index (χ0n) is 10.8. The predicted molar refractivity (Wildman–Crippen MR) is 74.3 cm³/mol. The van der Waals surface area contributed by atoms with Crippen LogP contribution in [0.2, 0.25) is 0 Å². The molecule has 1 fully saturated rings. The minimum atomic E-state index is -3.29. The Balaban J connectivity index is 2.11. The standard InChI is InChI=1S/C12H20N2O2S2/c1-3-13-8-11-7-12(9-17-11)18(15,16)14(2)10-5-4-6-10/h7,9-10,13H,3-6,8H2,1-2H3. The highest BCUT2D eigenvalue weighted by Crippen LogP contribution is 2.30. The second kappa shape index (κ2) is 5.69. The molecule has 4 nitrogen and oxygen atoms in total. The van der Waals surface area contributed by atoms with Crippen molar-refractivity contribution in [3.63, 3.8) is 0 Å². The van der Waals surface area contributed by atoms with Crippen molar-refractivity contribution >= 4 is 21.4 Å². The van der Waals surface area contributed by atoms with E-state index in [-0.39, 0.29) is 6.04 Å². The van der Waals surface area contributed by atoms with Crippen LogP contribution < -0.4 is 5.32 Å². The molecule has 6 heteroatoms. The van der Waals surface area contributed by atoms with Gasteiger partial charge in [0.2, 0.25) is 10.0 Å². The van der Waals surface area contributed by atoms with Crippen LogP contribution in [0, 0.1) is 0 Å². The van der Waals surface area contributed by atoms with E-state index in [1.807, 2.05) is 6.92 Å². The van der Waals surface area contributed by atoms with E-state index in [0.717, 1.165) is 37.2 Å². The number of thiophene rings is 1. The lowest BCUT2D eigenvalue weighted by Crippen LogP contribution is -2.41. The summed E-state index contributed by atoms with van der Waals surface area (Å²) in [6, 6.07) is 1.99. The van der Waals surface area contributed by atoms with Gasteiger partial charge in [-0.3, -0.25) is 0 Å². The quantitative estimate of drug-likeness (QED) is 0.871. The van der Waals surface area contributed by atoms with Gasteiger partial charge in [-0.1, -0.05) is 13.3 Å². The monoisotopic (exact) mass is 288 g/mol. The maximum atomic E-state index is 12.4. The summed E-state index contributed by atoms with van der Waals surface area (Å²) in [5, 5.41) is 4.95. The van der Waals surface area contributed by atoms with E-state index in [4.69, 9.17) is 0 Å². The normalized spacial score (nSPS) is 17.1. The Kier molecular flexibility index (Phi) is 4.42. The molecule has 1 N–H and O–H groups in total. The van der Waals surface area contributed by atoms with Crippen molar-refractivity contribution < 1.29 is 8.42 Å². The lowest BCUT2D eigenvalue weighted by Gasteiger charge is -2.33. The highest BCUT2D eigenvalue weighted by Gasteiger charge is 2.32. The third-order valence-corrected chi connectivity index (χ3v) is 6.42. The van der Waals surface area contributed by atoms with Crippen molar-refractivity contribution in [3.05, 3.63) is 16.3 Å². The SMILES string of the molecule is CCNCc1cc(S(=O)(=O)N(C)C2CCC2)cs1. The van der Waals surface area contributed by atoms with Gasteiger partial charge >= 0.3 is 0 Å². The lowest BCUT2D eigenvalue weighted by molar-refractivity contribution is 0.250. The molecule has 0 aromatic carbocycles. The van der Waals surface area contributed by atoms with E-state index >= 15 is 0 Å². The van der Waals surface area contributed by atoms with Crippen LogP contribution in [0.4, 0.5) is 0 Å². The zero-order chi connectivity index (χ0) is 13.2. The van der Waals surface area contributed by atoms with Crippen LogP contribution in [0.15, 0.2) is 16.3 Å². The molecule has 0 atom stereocenters. The minimum absolute atomic E-state index is 0.201. The van der Waals surface area contributed by atoms with E-state index in [0.29, 0.717) is 4.90 Å². The average molecular weight is 288 g/mol. The Hall–Kier alpha value is -0.430. The van der Waals surface area contributed by atoms with E-state index in [2.05, 4.69) is 5.32 Å². The maximum Gasteiger partial charge on any atom is 0.243 e. The minimum Gasteiger partial charge on any atom is -0.312 e. The first-order valence-corrected chi connectivity index (χ1v) is 8.64. The van der Waals surface area contributed by atoms with Crippen LogP contribution in [-0.2, 0) is 16.6 Å². The smallest absolute Gasteiger partial charge is 0.243 e. The largest absolute Gasteiger partial charge is 0.312 e. The van der Waals surface area contributed by atoms with Crippen LogP contribution in [0.25, 0.3) is 0 Å². The van der Waals surface area contributed by atoms with Gasteiger partial charge < -0.3 is 5.32 Å². The number of nitrogens with zero attached hydrogens (tertiary/aromatic N) is 1. The fourth-order valence-electron chi connectivity index (χ4n) is 1.95. The Bertz CT molecular complexity index is 492. The summed E-state index contributed by atoms with van der Waals surface area (Å²) in [5.41, 5.74) is 0. The van der Waals surface area contributed by atoms with Crippen LogP contribution in [0.3, 0.4) is 0 Å². The van der Waals surface area contributed by atoms with Crippen molar-refractivity contribution in [1.29, 1.82) is 0 Å². The number of hydrogen-bond donors (Lipinski definition) is 1. The molecule has 0 amide bonds. The fourth-order valence-corrected chi connectivity index (χ4v) is 4.60. The maximum absolute atomic E-state index is 12.4. The van der Waals surface area contributed by atoms with Crippen molar-refractivity contribution in [2.75, 3.05) is 13.6 Å². The highest BCUT2D eigenvalue weighted by molar-refractivity contribution is 7.89. The van der Waals surface area contributed by atoms with Gasteiger partial charge in [0.05, 0.1) is 4.90 Å². The summed E-state index contributed by atoms with van der Waals surface area (Å²) in [6.45, 7) is 3.67. The molecule has 1 heterocycles. The molecule has 2 rings (SSSR count). The molecule has 0 spiro atoms. The van der Waals surface area contributed by atoms with Crippen molar-refractivity contribution in [2.45, 2.75) is 43.7 Å². The van der Waals surface area contributed by atoms with Gasteiger partial charge in [-0.25, -0.2) is 8.42 Å². The molecule has 1 aromatic heterocycles. The Morgan fingerprint density at radius 3 is 2.78 bits per heavy atom. The number of nitrogens with one attached hydrogen (secondary N) is 1. The van der Waals surface area contributed by atoms with Crippen LogP contribution in [0.5, 0.6) is 0 Å². The summed E-state index contributed by atoms with van der Waals surface area (Å²) >= 11 is 1.50. The molecule has 0 aliphatic heterocycles. The molecule has 0 unspecified atom stereocenters. The Labute approximate surface area is 113 Å². The third kappa shape index (κ3) is 2.77. The van der Waals surface area contributed by atoms with E-state index in [9.17, 15) is 8.42 Å². The highest BCUT2D eigenvalue weighted by atomic mass is 32.2. The molecule has 1 aliphatic carbocycles. The number of sulfonamides is 1. The van der Waals surface area contributed by atoms with E-state index < -0.39 is 10.0 Å². The molecule has 18 heavy (non-hydrogen) atoms. The van der Waals surface area contributed by atoms with Gasteiger partial charge in [-0.2, -0.15) is 4.31 Å². The summed E-state index contributed by atoms with van der Waals surface area (Å²) in [4.78, 5) is 1.51. The van der Waals surface area contributed by atoms with Gasteiger partial charge in [0, 0.05) is 29.9 Å². The molecule has 1 aromatic rings. The van der Waals surface area contributed by atoms with E-state index in [1.165, 1.54) is 15.6 Å². The van der Waals surface area contributed by atoms with Crippen molar-refractivity contribution in [2.24, 2.45) is 0 Å². The molecule has 0 bridgehead atoms. The summed E-state index contributed by atoms with van der Waals surface area (Å²) in [6.07, 6.45) is 3.12. The van der Waals surface area contributed by atoms with Gasteiger partial charge in [0.1, 0.15) is 0 Å². The van der Waals surface area contributed by atoms with Crippen molar-refractivity contribution in [1.82, 2.24) is 9.62 Å². The molecule has 1 aliphatic rings.